The number of fused-ring (bicyclic) bond motifs is 1. The largest absolute Gasteiger partial charge is 0.497 e. The molecule has 21 heavy (non-hydrogen) atoms. The average Bonchev–Trinajstić information content (AvgIpc) is 2.89. The smallest absolute Gasteiger partial charge is 0.122 e. The molecule has 0 aliphatic rings. The van der Waals surface area contributed by atoms with Gasteiger partial charge >= 0.3 is 0 Å². The van der Waals surface area contributed by atoms with Crippen molar-refractivity contribution in [3.05, 3.63) is 59.5 Å². The van der Waals surface area contributed by atoms with Gasteiger partial charge < -0.3 is 15.0 Å². The van der Waals surface area contributed by atoms with E-state index in [-0.39, 0.29) is 0 Å². The molecular formula is C17H19N3O. The van der Waals surface area contributed by atoms with Gasteiger partial charge in [0.15, 0.2) is 0 Å². The third kappa shape index (κ3) is 2.62. The maximum absolute atomic E-state index is 5.80. The average molecular weight is 281 g/mol. The van der Waals surface area contributed by atoms with E-state index in [4.69, 9.17) is 10.5 Å². The number of rotatable bonds is 4. The Labute approximate surface area is 124 Å². The summed E-state index contributed by atoms with van der Waals surface area (Å²) in [7, 11) is 1.68. The van der Waals surface area contributed by atoms with Crippen LogP contribution in [0.1, 0.15) is 17.0 Å². The number of hydrogen-bond acceptors (Lipinski definition) is 3. The van der Waals surface area contributed by atoms with Crippen LogP contribution in [0, 0.1) is 6.92 Å². The van der Waals surface area contributed by atoms with E-state index in [1.165, 1.54) is 16.5 Å². The molecule has 2 aromatic heterocycles. The van der Waals surface area contributed by atoms with Gasteiger partial charge in [-0.1, -0.05) is 12.1 Å². The Morgan fingerprint density at radius 2 is 2.10 bits per heavy atom. The maximum atomic E-state index is 5.80. The molecule has 4 heteroatoms. The summed E-state index contributed by atoms with van der Waals surface area (Å²) >= 11 is 0. The lowest BCUT2D eigenvalue weighted by Gasteiger charge is -2.09. The lowest BCUT2D eigenvalue weighted by atomic mass is 10.1. The van der Waals surface area contributed by atoms with Crippen LogP contribution in [-0.4, -0.2) is 16.7 Å². The predicted octanol–water partition coefficient (Wildman–Crippen LogP) is 2.86. The van der Waals surface area contributed by atoms with Crippen LogP contribution in [0.15, 0.2) is 42.6 Å². The molecular weight excluding hydrogens is 262 g/mol. The molecule has 0 saturated heterocycles. The molecule has 0 aliphatic carbocycles. The van der Waals surface area contributed by atoms with Crippen molar-refractivity contribution in [1.82, 2.24) is 9.55 Å². The molecule has 108 valence electrons. The number of hydrogen-bond donors (Lipinski definition) is 1. The molecule has 0 radical (unpaired) electrons. The monoisotopic (exact) mass is 281 g/mol. The zero-order valence-corrected chi connectivity index (χ0v) is 12.3. The van der Waals surface area contributed by atoms with Gasteiger partial charge in [0.05, 0.1) is 19.3 Å². The molecule has 0 unspecified atom stereocenters. The second kappa shape index (κ2) is 5.58. The van der Waals surface area contributed by atoms with Crippen LogP contribution in [0.3, 0.4) is 0 Å². The molecule has 0 fully saturated rings. The number of pyridine rings is 1. The van der Waals surface area contributed by atoms with Crippen molar-refractivity contribution in [2.24, 2.45) is 5.73 Å². The van der Waals surface area contributed by atoms with E-state index >= 15 is 0 Å². The second-order valence-electron chi connectivity index (χ2n) is 5.14. The molecule has 0 spiro atoms. The molecule has 1 aromatic carbocycles. The first-order valence-electron chi connectivity index (χ1n) is 6.99. The van der Waals surface area contributed by atoms with Crippen LogP contribution in [0.25, 0.3) is 10.9 Å². The van der Waals surface area contributed by atoms with Gasteiger partial charge in [0.25, 0.3) is 0 Å². The first-order valence-corrected chi connectivity index (χ1v) is 6.99. The SMILES string of the molecule is COc1cc(C)nc(Cn2ccc3c(CN)cccc32)c1. The highest BCUT2D eigenvalue weighted by Gasteiger charge is 2.07. The summed E-state index contributed by atoms with van der Waals surface area (Å²) in [6.07, 6.45) is 2.08. The van der Waals surface area contributed by atoms with E-state index in [9.17, 15) is 0 Å². The summed E-state index contributed by atoms with van der Waals surface area (Å²) in [5.74, 6) is 0.844. The van der Waals surface area contributed by atoms with Crippen molar-refractivity contribution >= 4 is 10.9 Å². The van der Waals surface area contributed by atoms with Crippen molar-refractivity contribution in [2.75, 3.05) is 7.11 Å². The van der Waals surface area contributed by atoms with E-state index in [0.717, 1.165) is 23.7 Å². The lowest BCUT2D eigenvalue weighted by Crippen LogP contribution is -2.02. The fraction of sp³-hybridized carbons (Fsp3) is 0.235. The maximum Gasteiger partial charge on any atom is 0.122 e. The highest BCUT2D eigenvalue weighted by atomic mass is 16.5. The number of nitrogens with two attached hydrogens (primary N) is 1. The molecule has 0 aliphatic heterocycles. The van der Waals surface area contributed by atoms with Crippen molar-refractivity contribution in [3.63, 3.8) is 0 Å². The van der Waals surface area contributed by atoms with Crippen LogP contribution in [0.5, 0.6) is 5.75 Å². The summed E-state index contributed by atoms with van der Waals surface area (Å²) in [5, 5.41) is 1.21. The molecule has 0 amide bonds. The number of aryl methyl sites for hydroxylation is 1. The molecule has 4 nitrogen and oxygen atoms in total. The Bertz CT molecular complexity index is 777. The molecule has 0 saturated carbocycles. The Hall–Kier alpha value is -2.33. The fourth-order valence-corrected chi connectivity index (χ4v) is 2.68. The lowest BCUT2D eigenvalue weighted by molar-refractivity contribution is 0.413. The molecule has 2 heterocycles. The van der Waals surface area contributed by atoms with E-state index < -0.39 is 0 Å². The Morgan fingerprint density at radius 1 is 1.24 bits per heavy atom. The van der Waals surface area contributed by atoms with Crippen molar-refractivity contribution < 1.29 is 4.74 Å². The van der Waals surface area contributed by atoms with Gasteiger partial charge in [0.1, 0.15) is 5.75 Å². The van der Waals surface area contributed by atoms with Crippen molar-refractivity contribution in [2.45, 2.75) is 20.0 Å². The minimum atomic E-state index is 0.553. The standard InChI is InChI=1S/C17H19N3O/c1-12-8-15(21-2)9-14(19-12)11-20-7-6-16-13(10-18)4-3-5-17(16)20/h3-9H,10-11,18H2,1-2H3. The number of methoxy groups -OCH3 is 1. The molecule has 0 bridgehead atoms. The van der Waals surface area contributed by atoms with Crippen LogP contribution in [-0.2, 0) is 13.1 Å². The first-order chi connectivity index (χ1) is 10.2. The van der Waals surface area contributed by atoms with E-state index in [2.05, 4.69) is 33.9 Å². The van der Waals surface area contributed by atoms with E-state index in [0.29, 0.717) is 6.54 Å². The summed E-state index contributed by atoms with van der Waals surface area (Å²) in [6, 6.07) is 12.3. The first kappa shape index (κ1) is 13.6. The van der Waals surface area contributed by atoms with Gasteiger partial charge in [-0.15, -0.1) is 0 Å². The highest BCUT2D eigenvalue weighted by molar-refractivity contribution is 5.83. The van der Waals surface area contributed by atoms with Crippen LogP contribution < -0.4 is 10.5 Å². The summed E-state index contributed by atoms with van der Waals surface area (Å²) in [6.45, 7) is 3.25. The summed E-state index contributed by atoms with van der Waals surface area (Å²) in [5.41, 5.74) is 10.1. The quantitative estimate of drug-likeness (QED) is 0.800. The minimum Gasteiger partial charge on any atom is -0.497 e. The fourth-order valence-electron chi connectivity index (χ4n) is 2.68. The highest BCUT2D eigenvalue weighted by Crippen LogP contribution is 2.22. The second-order valence-corrected chi connectivity index (χ2v) is 5.14. The van der Waals surface area contributed by atoms with Crippen molar-refractivity contribution in [1.29, 1.82) is 0 Å². The van der Waals surface area contributed by atoms with Crippen LogP contribution >= 0.6 is 0 Å². The number of nitrogens with zero attached hydrogens (tertiary/aromatic N) is 2. The number of aromatic nitrogens is 2. The van der Waals surface area contributed by atoms with Gasteiger partial charge in [0, 0.05) is 41.5 Å². The predicted molar refractivity (Wildman–Crippen MR) is 84.5 cm³/mol. The van der Waals surface area contributed by atoms with Crippen LogP contribution in [0.2, 0.25) is 0 Å². The number of ether oxygens (including phenoxy) is 1. The van der Waals surface area contributed by atoms with Gasteiger partial charge in [-0.05, 0) is 24.6 Å². The topological polar surface area (TPSA) is 53.1 Å². The summed E-state index contributed by atoms with van der Waals surface area (Å²) < 4.78 is 7.50. The Balaban J connectivity index is 2.00. The normalized spacial score (nSPS) is 11.0. The van der Waals surface area contributed by atoms with Gasteiger partial charge in [0.2, 0.25) is 0 Å². The Kier molecular flexibility index (Phi) is 3.62. The third-order valence-corrected chi connectivity index (χ3v) is 3.67. The number of benzene rings is 1. The summed E-state index contributed by atoms with van der Waals surface area (Å²) in [4.78, 5) is 4.58. The van der Waals surface area contributed by atoms with Crippen molar-refractivity contribution in [3.8, 4) is 5.75 Å². The minimum absolute atomic E-state index is 0.553. The molecule has 3 rings (SSSR count). The van der Waals surface area contributed by atoms with Gasteiger partial charge in [-0.3, -0.25) is 4.98 Å². The van der Waals surface area contributed by atoms with Gasteiger partial charge in [-0.25, -0.2) is 0 Å². The molecule has 0 atom stereocenters. The third-order valence-electron chi connectivity index (χ3n) is 3.67. The molecule has 3 aromatic rings. The zero-order chi connectivity index (χ0) is 14.8. The molecule has 2 N–H and O–H groups in total. The van der Waals surface area contributed by atoms with E-state index in [1.807, 2.05) is 25.1 Å². The zero-order valence-electron chi connectivity index (χ0n) is 12.3. The van der Waals surface area contributed by atoms with Crippen LogP contribution in [0.4, 0.5) is 0 Å². The van der Waals surface area contributed by atoms with E-state index in [1.54, 1.807) is 7.11 Å². The Morgan fingerprint density at radius 3 is 2.86 bits per heavy atom. The van der Waals surface area contributed by atoms with Gasteiger partial charge in [-0.2, -0.15) is 0 Å².